The van der Waals surface area contributed by atoms with Crippen molar-refractivity contribution in [3.8, 4) is 0 Å². The Labute approximate surface area is 118 Å². The van der Waals surface area contributed by atoms with Crippen LogP contribution in [-0.2, 0) is 9.59 Å². The molecular weight excluding hydrogens is 262 g/mol. The van der Waals surface area contributed by atoms with E-state index in [2.05, 4.69) is 17.6 Å². The first-order chi connectivity index (χ1) is 9.38. The van der Waals surface area contributed by atoms with Crippen molar-refractivity contribution >= 4 is 17.9 Å². The molecule has 0 heterocycles. The lowest BCUT2D eigenvalue weighted by Crippen LogP contribution is -2.48. The maximum atomic E-state index is 11.6. The largest absolute Gasteiger partial charge is 0.480 e. The minimum Gasteiger partial charge on any atom is -0.480 e. The van der Waals surface area contributed by atoms with Crippen LogP contribution in [0.5, 0.6) is 0 Å². The van der Waals surface area contributed by atoms with E-state index in [4.69, 9.17) is 10.8 Å². The van der Waals surface area contributed by atoms with Crippen LogP contribution >= 0.6 is 0 Å². The second-order valence-corrected chi connectivity index (χ2v) is 5.54. The van der Waals surface area contributed by atoms with Gasteiger partial charge in [-0.25, -0.2) is 9.59 Å². The van der Waals surface area contributed by atoms with Gasteiger partial charge in [0.15, 0.2) is 0 Å². The van der Waals surface area contributed by atoms with E-state index in [9.17, 15) is 14.4 Å². The normalized spacial score (nSPS) is 23.6. The van der Waals surface area contributed by atoms with Crippen LogP contribution in [0.1, 0.15) is 39.0 Å². The minimum atomic E-state index is -1.28. The minimum absolute atomic E-state index is 0.413. The Balaban J connectivity index is 2.31. The molecule has 0 aliphatic heterocycles. The molecule has 0 aromatic rings. The van der Waals surface area contributed by atoms with E-state index >= 15 is 0 Å². The molecule has 0 spiro atoms. The first kappa shape index (κ1) is 16.3. The lowest BCUT2D eigenvalue weighted by atomic mass is 9.83. The molecule has 0 radical (unpaired) electrons. The average Bonchev–Trinajstić information content (AvgIpc) is 2.36. The Kier molecular flexibility index (Phi) is 6.27. The van der Waals surface area contributed by atoms with Gasteiger partial charge in [-0.1, -0.05) is 19.8 Å². The quantitative estimate of drug-likeness (QED) is 0.565. The van der Waals surface area contributed by atoms with Gasteiger partial charge >= 0.3 is 12.0 Å². The van der Waals surface area contributed by atoms with Crippen LogP contribution in [-0.4, -0.2) is 35.6 Å². The molecule has 20 heavy (non-hydrogen) atoms. The number of rotatable bonds is 6. The maximum absolute atomic E-state index is 11.6. The fourth-order valence-corrected chi connectivity index (χ4v) is 2.38. The molecule has 0 aromatic heterocycles. The van der Waals surface area contributed by atoms with Gasteiger partial charge in [-0.2, -0.15) is 0 Å². The highest BCUT2D eigenvalue weighted by Gasteiger charge is 2.23. The number of carbonyl (C=O) groups excluding carboxylic acids is 2. The van der Waals surface area contributed by atoms with Gasteiger partial charge in [-0.15, -0.1) is 0 Å². The third-order valence-electron chi connectivity index (χ3n) is 3.70. The summed E-state index contributed by atoms with van der Waals surface area (Å²) in [5.41, 5.74) is 4.94. The number of urea groups is 1. The van der Waals surface area contributed by atoms with Crippen molar-refractivity contribution in [2.45, 2.75) is 45.1 Å². The number of carboxylic acid groups (broad SMARTS) is 1. The molecule has 0 unspecified atom stereocenters. The summed E-state index contributed by atoms with van der Waals surface area (Å²) in [5, 5.41) is 13.8. The van der Waals surface area contributed by atoms with Gasteiger partial charge in [0.25, 0.3) is 0 Å². The zero-order valence-corrected chi connectivity index (χ0v) is 11.7. The molecule has 1 aliphatic rings. The lowest BCUT2D eigenvalue weighted by Gasteiger charge is -2.26. The summed E-state index contributed by atoms with van der Waals surface area (Å²) in [7, 11) is 0. The van der Waals surface area contributed by atoms with E-state index in [0.29, 0.717) is 12.5 Å². The first-order valence-electron chi connectivity index (χ1n) is 6.94. The molecule has 3 amide bonds. The van der Waals surface area contributed by atoms with Crippen molar-refractivity contribution in [2.75, 3.05) is 6.54 Å². The molecule has 114 valence electrons. The van der Waals surface area contributed by atoms with Crippen LogP contribution in [0.3, 0.4) is 0 Å². The van der Waals surface area contributed by atoms with E-state index in [1.165, 1.54) is 0 Å². The maximum Gasteiger partial charge on any atom is 0.326 e. The number of aliphatic carboxylic acids is 1. The number of primary amides is 1. The molecule has 7 nitrogen and oxygen atoms in total. The summed E-state index contributed by atoms with van der Waals surface area (Å²) in [4.78, 5) is 33.2. The fraction of sp³-hybridized carbons (Fsp3) is 0.769. The van der Waals surface area contributed by atoms with E-state index in [1.54, 1.807) is 0 Å². The smallest absolute Gasteiger partial charge is 0.326 e. The third-order valence-corrected chi connectivity index (χ3v) is 3.70. The van der Waals surface area contributed by atoms with Gasteiger partial charge < -0.3 is 21.5 Å². The number of amides is 3. The van der Waals surface area contributed by atoms with Crippen molar-refractivity contribution in [3.63, 3.8) is 0 Å². The summed E-state index contributed by atoms with van der Waals surface area (Å²) >= 11 is 0. The molecule has 0 saturated heterocycles. The summed E-state index contributed by atoms with van der Waals surface area (Å²) in [6, 6.07) is -1.85. The van der Waals surface area contributed by atoms with Crippen molar-refractivity contribution in [1.82, 2.24) is 10.6 Å². The van der Waals surface area contributed by atoms with Crippen LogP contribution in [0.4, 0.5) is 4.79 Å². The molecule has 0 bridgehead atoms. The Morgan fingerprint density at radius 3 is 2.35 bits per heavy atom. The zero-order valence-electron chi connectivity index (χ0n) is 11.7. The molecule has 1 saturated carbocycles. The van der Waals surface area contributed by atoms with Gasteiger partial charge in [-0.3, -0.25) is 4.79 Å². The monoisotopic (exact) mass is 285 g/mol. The van der Waals surface area contributed by atoms with Gasteiger partial charge in [-0.05, 0) is 24.7 Å². The number of nitrogens with two attached hydrogens (primary N) is 1. The zero-order chi connectivity index (χ0) is 15.1. The van der Waals surface area contributed by atoms with E-state index < -0.39 is 30.4 Å². The Morgan fingerprint density at radius 1 is 1.25 bits per heavy atom. The molecule has 1 aliphatic carbocycles. The summed E-state index contributed by atoms with van der Waals surface area (Å²) in [6.07, 6.45) is 4.06. The van der Waals surface area contributed by atoms with E-state index in [-0.39, 0.29) is 0 Å². The number of hydrogen-bond donors (Lipinski definition) is 4. The van der Waals surface area contributed by atoms with Crippen LogP contribution in [0.25, 0.3) is 0 Å². The second-order valence-electron chi connectivity index (χ2n) is 5.54. The first-order valence-corrected chi connectivity index (χ1v) is 6.94. The van der Waals surface area contributed by atoms with Crippen LogP contribution in [0.2, 0.25) is 0 Å². The Hall–Kier alpha value is -1.79. The number of carboxylic acids is 1. The molecule has 0 aromatic carbocycles. The van der Waals surface area contributed by atoms with Gasteiger partial charge in [0.05, 0.1) is 6.42 Å². The highest BCUT2D eigenvalue weighted by Crippen LogP contribution is 2.27. The summed E-state index contributed by atoms with van der Waals surface area (Å²) < 4.78 is 0. The van der Waals surface area contributed by atoms with E-state index in [1.807, 2.05) is 0 Å². The van der Waals surface area contributed by atoms with Gasteiger partial charge in [0.1, 0.15) is 6.04 Å². The van der Waals surface area contributed by atoms with Gasteiger partial charge in [0, 0.05) is 6.54 Å². The summed E-state index contributed by atoms with van der Waals surface area (Å²) in [6.45, 7) is 2.75. The van der Waals surface area contributed by atoms with Crippen molar-refractivity contribution in [2.24, 2.45) is 17.6 Å². The fourth-order valence-electron chi connectivity index (χ4n) is 2.38. The molecule has 5 N–H and O–H groups in total. The second kappa shape index (κ2) is 7.72. The average molecular weight is 285 g/mol. The summed E-state index contributed by atoms with van der Waals surface area (Å²) in [5.74, 6) is -0.854. The lowest BCUT2D eigenvalue weighted by molar-refractivity contribution is -0.140. The number of carbonyl (C=O) groups is 3. The Bertz CT molecular complexity index is 365. The third kappa shape index (κ3) is 5.90. The van der Waals surface area contributed by atoms with Crippen molar-refractivity contribution < 1.29 is 19.5 Å². The molecule has 1 fully saturated rings. The van der Waals surface area contributed by atoms with Crippen LogP contribution in [0, 0.1) is 11.8 Å². The highest BCUT2D eigenvalue weighted by atomic mass is 16.4. The topological polar surface area (TPSA) is 122 Å². The highest BCUT2D eigenvalue weighted by molar-refractivity contribution is 5.87. The van der Waals surface area contributed by atoms with Crippen LogP contribution < -0.4 is 16.4 Å². The van der Waals surface area contributed by atoms with Crippen LogP contribution in [0.15, 0.2) is 0 Å². The molecular formula is C13H23N3O4. The van der Waals surface area contributed by atoms with Crippen molar-refractivity contribution in [3.05, 3.63) is 0 Å². The van der Waals surface area contributed by atoms with E-state index in [0.717, 1.165) is 31.6 Å². The number of nitrogens with one attached hydrogen (secondary N) is 2. The van der Waals surface area contributed by atoms with Crippen molar-refractivity contribution in [1.29, 1.82) is 0 Å². The molecule has 7 heteroatoms. The Morgan fingerprint density at radius 2 is 1.85 bits per heavy atom. The molecule has 1 rings (SSSR count). The SMILES string of the molecule is CC1CCC(CNC(=O)N[C@H](CC(N)=O)C(=O)O)CC1. The number of hydrogen-bond acceptors (Lipinski definition) is 3. The standard InChI is InChI=1S/C13H23N3O4/c1-8-2-4-9(5-3-8)7-15-13(20)16-10(12(18)19)6-11(14)17/h8-10H,2-7H2,1H3,(H2,14,17)(H,18,19)(H2,15,16,20)/t8?,9?,10-/m1/s1. The van der Waals surface area contributed by atoms with Gasteiger partial charge in [0.2, 0.25) is 5.91 Å². The predicted molar refractivity (Wildman–Crippen MR) is 72.9 cm³/mol. The molecule has 1 atom stereocenters. The predicted octanol–water partition coefficient (Wildman–Crippen LogP) is 0.441.